The fraction of sp³-hybridized carbons (Fsp3) is 0.550. The fourth-order valence-corrected chi connectivity index (χ4v) is 3.68. The van der Waals surface area contributed by atoms with Gasteiger partial charge in [-0.1, -0.05) is 32.4 Å². The van der Waals surface area contributed by atoms with Gasteiger partial charge in [0.2, 0.25) is 5.91 Å². The Balaban J connectivity index is 1.60. The summed E-state index contributed by atoms with van der Waals surface area (Å²) in [5, 5.41) is 0.675. The minimum atomic E-state index is -0.320. The van der Waals surface area contributed by atoms with Crippen molar-refractivity contribution in [2.45, 2.75) is 33.6 Å². The zero-order chi connectivity index (χ0) is 18.9. The van der Waals surface area contributed by atoms with E-state index >= 15 is 0 Å². The van der Waals surface area contributed by atoms with Crippen molar-refractivity contribution in [2.24, 2.45) is 11.3 Å². The average Bonchev–Trinajstić information content (AvgIpc) is 2.60. The molecule has 0 spiro atoms. The van der Waals surface area contributed by atoms with Crippen molar-refractivity contribution < 1.29 is 4.79 Å². The first-order valence-electron chi connectivity index (χ1n) is 9.17. The number of hydrogen-bond acceptors (Lipinski definition) is 4. The van der Waals surface area contributed by atoms with Crippen molar-refractivity contribution in [3.8, 4) is 0 Å². The third-order valence-corrected chi connectivity index (χ3v) is 5.19. The number of benzene rings is 1. The fourth-order valence-electron chi connectivity index (χ4n) is 3.51. The van der Waals surface area contributed by atoms with Gasteiger partial charge in [0.1, 0.15) is 5.82 Å². The van der Waals surface area contributed by atoms with Crippen LogP contribution in [0, 0.1) is 11.3 Å². The van der Waals surface area contributed by atoms with Crippen LogP contribution in [0.3, 0.4) is 0 Å². The molecule has 2 heterocycles. The highest BCUT2D eigenvalue weighted by atomic mass is 35.5. The largest absolute Gasteiger partial charge is 0.355 e. The van der Waals surface area contributed by atoms with E-state index in [9.17, 15) is 4.79 Å². The third-order valence-electron chi connectivity index (χ3n) is 4.95. The van der Waals surface area contributed by atoms with E-state index in [2.05, 4.69) is 9.88 Å². The van der Waals surface area contributed by atoms with Crippen LogP contribution in [0.5, 0.6) is 0 Å². The van der Waals surface area contributed by atoms with E-state index in [0.717, 1.165) is 49.3 Å². The predicted octanol–water partition coefficient (Wildman–Crippen LogP) is 4.00. The summed E-state index contributed by atoms with van der Waals surface area (Å²) in [5.74, 6) is 1.66. The highest BCUT2D eigenvalue weighted by Gasteiger charge is 2.28. The summed E-state index contributed by atoms with van der Waals surface area (Å²) in [6.45, 7) is 8.62. The van der Waals surface area contributed by atoms with Crippen molar-refractivity contribution in [1.82, 2.24) is 14.9 Å². The predicted molar refractivity (Wildman–Crippen MR) is 107 cm³/mol. The zero-order valence-electron chi connectivity index (χ0n) is 16.0. The second kappa shape index (κ2) is 7.39. The number of carbonyl (C=O) groups is 1. The van der Waals surface area contributed by atoms with Crippen molar-refractivity contribution in [1.29, 1.82) is 0 Å². The molecule has 1 fully saturated rings. The minimum Gasteiger partial charge on any atom is -0.355 e. The molecule has 1 amide bonds. The molecule has 3 rings (SSSR count). The number of hydrogen-bond donors (Lipinski definition) is 0. The van der Waals surface area contributed by atoms with E-state index in [1.807, 2.05) is 57.1 Å². The number of rotatable bonds is 3. The lowest BCUT2D eigenvalue weighted by atomic mass is 9.92. The van der Waals surface area contributed by atoms with Crippen LogP contribution in [0.15, 0.2) is 24.4 Å². The van der Waals surface area contributed by atoms with Gasteiger partial charge in [-0.2, -0.15) is 0 Å². The number of aromatic nitrogens is 2. The monoisotopic (exact) mass is 374 g/mol. The number of piperidine rings is 1. The Morgan fingerprint density at radius 2 is 1.96 bits per heavy atom. The molecule has 0 bridgehead atoms. The maximum absolute atomic E-state index is 12.4. The highest BCUT2D eigenvalue weighted by molar-refractivity contribution is 6.31. The van der Waals surface area contributed by atoms with Gasteiger partial charge in [-0.25, -0.2) is 4.98 Å². The number of anilines is 1. The molecule has 26 heavy (non-hydrogen) atoms. The SMILES string of the molecule is CN(CC1CCN(c2cnc3cc(Cl)ccc3n2)CC1)C(=O)C(C)(C)C. The molecule has 2 aromatic rings. The molecule has 5 nitrogen and oxygen atoms in total. The quantitative estimate of drug-likeness (QED) is 0.814. The summed E-state index contributed by atoms with van der Waals surface area (Å²) in [6.07, 6.45) is 3.94. The van der Waals surface area contributed by atoms with Crippen LogP contribution in [-0.2, 0) is 4.79 Å². The Morgan fingerprint density at radius 1 is 1.27 bits per heavy atom. The Hall–Kier alpha value is -1.88. The average molecular weight is 375 g/mol. The standard InChI is InChI=1S/C20H27ClN4O/c1-20(2,3)19(26)24(4)13-14-7-9-25(10-8-14)18-12-22-17-11-15(21)5-6-16(17)23-18/h5-6,11-12,14H,7-10,13H2,1-4H3. The number of halogens is 1. The van der Waals surface area contributed by atoms with Crippen LogP contribution >= 0.6 is 11.6 Å². The molecule has 1 saturated heterocycles. The maximum Gasteiger partial charge on any atom is 0.227 e. The van der Waals surface area contributed by atoms with Crippen molar-refractivity contribution in [2.75, 3.05) is 31.6 Å². The van der Waals surface area contributed by atoms with Crippen LogP contribution < -0.4 is 4.90 Å². The molecule has 0 N–H and O–H groups in total. The van der Waals surface area contributed by atoms with Gasteiger partial charge in [-0.15, -0.1) is 0 Å². The first-order chi connectivity index (χ1) is 12.2. The minimum absolute atomic E-state index is 0.207. The lowest BCUT2D eigenvalue weighted by Crippen LogP contribution is -2.43. The van der Waals surface area contributed by atoms with Crippen molar-refractivity contribution >= 4 is 34.4 Å². The molecule has 0 aliphatic carbocycles. The van der Waals surface area contributed by atoms with Gasteiger partial charge in [0, 0.05) is 37.1 Å². The second-order valence-corrected chi connectivity index (χ2v) is 8.66. The summed E-state index contributed by atoms with van der Waals surface area (Å²) in [7, 11) is 1.92. The van der Waals surface area contributed by atoms with Gasteiger partial charge in [-0.05, 0) is 37.0 Å². The Bertz CT molecular complexity index is 794. The third kappa shape index (κ3) is 4.26. The van der Waals surface area contributed by atoms with Crippen LogP contribution in [0.25, 0.3) is 11.0 Å². The molecule has 140 valence electrons. The molecule has 6 heteroatoms. The molecular weight excluding hydrogens is 348 g/mol. The Labute approximate surface area is 160 Å². The Kier molecular flexibility index (Phi) is 5.37. The molecule has 1 aliphatic heterocycles. The molecule has 0 unspecified atom stereocenters. The van der Waals surface area contributed by atoms with Crippen LogP contribution in [0.2, 0.25) is 5.02 Å². The lowest BCUT2D eigenvalue weighted by Gasteiger charge is -2.35. The van der Waals surface area contributed by atoms with Crippen molar-refractivity contribution in [3.63, 3.8) is 0 Å². The molecule has 0 radical (unpaired) electrons. The van der Waals surface area contributed by atoms with Gasteiger partial charge in [0.05, 0.1) is 17.2 Å². The van der Waals surface area contributed by atoms with Crippen LogP contribution in [0.4, 0.5) is 5.82 Å². The van der Waals surface area contributed by atoms with Crippen molar-refractivity contribution in [3.05, 3.63) is 29.4 Å². The smallest absolute Gasteiger partial charge is 0.227 e. The number of carbonyl (C=O) groups excluding carboxylic acids is 1. The van der Waals surface area contributed by atoms with E-state index < -0.39 is 0 Å². The lowest BCUT2D eigenvalue weighted by molar-refractivity contribution is -0.138. The van der Waals surface area contributed by atoms with E-state index in [0.29, 0.717) is 10.9 Å². The molecule has 0 atom stereocenters. The Morgan fingerprint density at radius 3 is 2.62 bits per heavy atom. The molecule has 1 aromatic carbocycles. The number of fused-ring (bicyclic) bond motifs is 1. The number of nitrogens with zero attached hydrogens (tertiary/aromatic N) is 4. The normalized spacial score (nSPS) is 16.1. The summed E-state index contributed by atoms with van der Waals surface area (Å²) >= 11 is 6.01. The van der Waals surface area contributed by atoms with E-state index in [1.54, 1.807) is 0 Å². The summed E-state index contributed by atoms with van der Waals surface area (Å²) < 4.78 is 0. The van der Waals surface area contributed by atoms with Gasteiger partial charge in [-0.3, -0.25) is 9.78 Å². The molecule has 1 aromatic heterocycles. The van der Waals surface area contributed by atoms with E-state index in [-0.39, 0.29) is 11.3 Å². The van der Waals surface area contributed by atoms with Gasteiger partial charge in [0.25, 0.3) is 0 Å². The summed E-state index contributed by atoms with van der Waals surface area (Å²) in [4.78, 5) is 25.8. The van der Waals surface area contributed by atoms with Crippen LogP contribution in [0.1, 0.15) is 33.6 Å². The van der Waals surface area contributed by atoms with E-state index in [1.165, 1.54) is 0 Å². The summed E-state index contributed by atoms with van der Waals surface area (Å²) in [6, 6.07) is 5.59. The first kappa shape index (κ1) is 18.9. The maximum atomic E-state index is 12.4. The second-order valence-electron chi connectivity index (χ2n) is 8.23. The molecule has 1 aliphatic rings. The van der Waals surface area contributed by atoms with Gasteiger partial charge in [0.15, 0.2) is 0 Å². The van der Waals surface area contributed by atoms with E-state index in [4.69, 9.17) is 16.6 Å². The summed E-state index contributed by atoms with van der Waals surface area (Å²) in [5.41, 5.74) is 1.36. The molecular formula is C20H27ClN4O. The van der Waals surface area contributed by atoms with Gasteiger partial charge < -0.3 is 9.80 Å². The zero-order valence-corrected chi connectivity index (χ0v) is 16.8. The highest BCUT2D eigenvalue weighted by Crippen LogP contribution is 2.25. The topological polar surface area (TPSA) is 49.3 Å². The molecule has 0 saturated carbocycles. The first-order valence-corrected chi connectivity index (χ1v) is 9.54. The number of amides is 1. The van der Waals surface area contributed by atoms with Gasteiger partial charge >= 0.3 is 0 Å². The van der Waals surface area contributed by atoms with Crippen LogP contribution in [-0.4, -0.2) is 47.5 Å².